The number of thioether (sulfide) groups is 1. The summed E-state index contributed by atoms with van der Waals surface area (Å²) in [6.45, 7) is 4.42. The Labute approximate surface area is 143 Å². The number of nitrogens with zero attached hydrogens (tertiary/aromatic N) is 5. The summed E-state index contributed by atoms with van der Waals surface area (Å²) in [5.74, 6) is -0.860. The summed E-state index contributed by atoms with van der Waals surface area (Å²) in [6.07, 6.45) is 1.93. The second kappa shape index (κ2) is 6.96. The average molecular weight is 343 g/mol. The Morgan fingerprint density at radius 2 is 2.04 bits per heavy atom. The van der Waals surface area contributed by atoms with Gasteiger partial charge in [-0.15, -0.1) is 5.10 Å². The van der Waals surface area contributed by atoms with E-state index in [4.69, 9.17) is 0 Å². The number of carbonyl (C=O) groups is 1. The number of benzene rings is 1. The van der Waals surface area contributed by atoms with Gasteiger partial charge in [0.1, 0.15) is 16.6 Å². The van der Waals surface area contributed by atoms with Crippen LogP contribution in [-0.4, -0.2) is 41.3 Å². The van der Waals surface area contributed by atoms with Crippen molar-refractivity contribution in [3.8, 4) is 0 Å². The summed E-state index contributed by atoms with van der Waals surface area (Å²) in [4.78, 5) is 19.7. The van der Waals surface area contributed by atoms with Gasteiger partial charge in [-0.05, 0) is 18.9 Å². The normalized spacial score (nSPS) is 12.4. The molecule has 0 aliphatic heterocycles. The molecule has 3 rings (SSSR count). The van der Waals surface area contributed by atoms with Gasteiger partial charge in [-0.3, -0.25) is 4.79 Å². The lowest BCUT2D eigenvalue weighted by Gasteiger charge is -2.08. The van der Waals surface area contributed by atoms with Crippen LogP contribution in [0.5, 0.6) is 0 Å². The lowest BCUT2D eigenvalue weighted by Crippen LogP contribution is -2.15. The van der Waals surface area contributed by atoms with E-state index in [0.717, 1.165) is 5.56 Å². The first-order chi connectivity index (χ1) is 11.6. The lowest BCUT2D eigenvalue weighted by molar-refractivity contribution is -0.136. The molecule has 124 valence electrons. The third-order valence-electron chi connectivity index (χ3n) is 3.62. The standard InChI is InChI=1S/C16H17N5O2S/c1-3-12(16(22)23)24-15-13-14(17-9-18-15)21(20-19-13)8-11-6-4-10(2)5-7-11/h4-7,9,12H,3,8H2,1-2H3,(H,22,23)/t12-/m1/s1. The largest absolute Gasteiger partial charge is 0.480 e. The van der Waals surface area contributed by atoms with E-state index in [-0.39, 0.29) is 0 Å². The number of carboxylic acid groups (broad SMARTS) is 1. The molecular formula is C16H17N5O2S. The van der Waals surface area contributed by atoms with Crippen LogP contribution in [-0.2, 0) is 11.3 Å². The molecule has 2 aromatic heterocycles. The third kappa shape index (κ3) is 3.38. The van der Waals surface area contributed by atoms with Gasteiger partial charge in [0.2, 0.25) is 0 Å². The summed E-state index contributed by atoms with van der Waals surface area (Å²) in [6, 6.07) is 8.17. The summed E-state index contributed by atoms with van der Waals surface area (Å²) < 4.78 is 1.70. The minimum absolute atomic E-state index is 0.503. The predicted molar refractivity (Wildman–Crippen MR) is 91.0 cm³/mol. The van der Waals surface area contributed by atoms with Crippen molar-refractivity contribution in [2.24, 2.45) is 0 Å². The van der Waals surface area contributed by atoms with Gasteiger partial charge in [-0.2, -0.15) is 0 Å². The Balaban J connectivity index is 1.91. The van der Waals surface area contributed by atoms with Crippen LogP contribution in [0.1, 0.15) is 24.5 Å². The van der Waals surface area contributed by atoms with E-state index < -0.39 is 11.2 Å². The van der Waals surface area contributed by atoms with Gasteiger partial charge < -0.3 is 5.11 Å². The van der Waals surface area contributed by atoms with Crippen molar-refractivity contribution in [1.82, 2.24) is 25.0 Å². The lowest BCUT2D eigenvalue weighted by atomic mass is 10.1. The van der Waals surface area contributed by atoms with E-state index >= 15 is 0 Å². The van der Waals surface area contributed by atoms with Gasteiger partial charge >= 0.3 is 5.97 Å². The van der Waals surface area contributed by atoms with E-state index in [0.29, 0.717) is 29.2 Å². The number of aromatic nitrogens is 5. The third-order valence-corrected chi connectivity index (χ3v) is 4.96. The smallest absolute Gasteiger partial charge is 0.317 e. The summed E-state index contributed by atoms with van der Waals surface area (Å²) >= 11 is 1.18. The fourth-order valence-electron chi connectivity index (χ4n) is 2.27. The van der Waals surface area contributed by atoms with Crippen LogP contribution in [0.3, 0.4) is 0 Å². The second-order valence-corrected chi connectivity index (χ2v) is 6.63. The van der Waals surface area contributed by atoms with Crippen molar-refractivity contribution in [1.29, 1.82) is 0 Å². The van der Waals surface area contributed by atoms with E-state index in [1.807, 2.05) is 38.1 Å². The van der Waals surface area contributed by atoms with Crippen LogP contribution in [0.25, 0.3) is 11.2 Å². The molecule has 0 amide bonds. The Morgan fingerprint density at radius 1 is 1.29 bits per heavy atom. The number of aryl methyl sites for hydroxylation is 1. The SMILES string of the molecule is CC[C@@H](Sc1ncnc2c1nnn2Cc1ccc(C)cc1)C(=O)O. The van der Waals surface area contributed by atoms with E-state index in [1.54, 1.807) is 4.68 Å². The molecule has 1 atom stereocenters. The maximum Gasteiger partial charge on any atom is 0.317 e. The van der Waals surface area contributed by atoms with Crippen molar-refractivity contribution >= 4 is 28.9 Å². The second-order valence-electron chi connectivity index (χ2n) is 5.44. The molecule has 0 unspecified atom stereocenters. The fraction of sp³-hybridized carbons (Fsp3) is 0.312. The fourth-order valence-corrected chi connectivity index (χ4v) is 3.16. The Morgan fingerprint density at radius 3 is 2.71 bits per heavy atom. The summed E-state index contributed by atoms with van der Waals surface area (Å²) in [5, 5.41) is 17.5. The molecule has 0 spiro atoms. The molecule has 2 heterocycles. The summed E-state index contributed by atoms with van der Waals surface area (Å²) in [5.41, 5.74) is 3.43. The quantitative estimate of drug-likeness (QED) is 0.543. The molecule has 0 fully saturated rings. The number of fused-ring (bicyclic) bond motifs is 1. The first-order valence-corrected chi connectivity index (χ1v) is 8.45. The highest BCUT2D eigenvalue weighted by Crippen LogP contribution is 2.28. The zero-order chi connectivity index (χ0) is 17.1. The first kappa shape index (κ1) is 16.4. The van der Waals surface area contributed by atoms with Crippen molar-refractivity contribution in [2.45, 2.75) is 37.1 Å². The number of rotatable bonds is 6. The molecular weight excluding hydrogens is 326 g/mol. The van der Waals surface area contributed by atoms with Gasteiger partial charge in [0, 0.05) is 0 Å². The van der Waals surface area contributed by atoms with Gasteiger partial charge in [0.15, 0.2) is 11.2 Å². The predicted octanol–water partition coefficient (Wildman–Crippen LogP) is 2.53. The summed E-state index contributed by atoms with van der Waals surface area (Å²) in [7, 11) is 0. The highest BCUT2D eigenvalue weighted by Gasteiger charge is 2.21. The number of hydrogen-bond donors (Lipinski definition) is 1. The van der Waals surface area contributed by atoms with Gasteiger partial charge in [0.25, 0.3) is 0 Å². The minimum atomic E-state index is -0.860. The molecule has 0 aliphatic carbocycles. The van der Waals surface area contributed by atoms with Crippen LogP contribution in [0.4, 0.5) is 0 Å². The van der Waals surface area contributed by atoms with Gasteiger partial charge in [-0.25, -0.2) is 14.6 Å². The van der Waals surface area contributed by atoms with Gasteiger partial charge in [-0.1, -0.05) is 53.7 Å². The topological polar surface area (TPSA) is 93.8 Å². The Kier molecular flexibility index (Phi) is 4.75. The molecule has 0 radical (unpaired) electrons. The molecule has 0 bridgehead atoms. The zero-order valence-corrected chi connectivity index (χ0v) is 14.2. The molecule has 0 aliphatic rings. The highest BCUT2D eigenvalue weighted by atomic mass is 32.2. The molecule has 8 heteroatoms. The first-order valence-electron chi connectivity index (χ1n) is 7.57. The van der Waals surface area contributed by atoms with Crippen molar-refractivity contribution < 1.29 is 9.90 Å². The Bertz CT molecular complexity index is 863. The van der Waals surface area contributed by atoms with E-state index in [9.17, 15) is 9.90 Å². The number of carboxylic acids is 1. The molecule has 1 aromatic carbocycles. The monoisotopic (exact) mass is 343 g/mol. The van der Waals surface area contributed by atoms with Crippen LogP contribution in [0, 0.1) is 6.92 Å². The molecule has 3 aromatic rings. The zero-order valence-electron chi connectivity index (χ0n) is 13.4. The van der Waals surface area contributed by atoms with Crippen LogP contribution in [0.2, 0.25) is 0 Å². The highest BCUT2D eigenvalue weighted by molar-refractivity contribution is 8.00. The maximum absolute atomic E-state index is 11.2. The van der Waals surface area contributed by atoms with Crippen molar-refractivity contribution in [3.05, 3.63) is 41.7 Å². The molecule has 7 nitrogen and oxygen atoms in total. The van der Waals surface area contributed by atoms with Crippen LogP contribution < -0.4 is 0 Å². The van der Waals surface area contributed by atoms with Crippen LogP contribution >= 0.6 is 11.8 Å². The maximum atomic E-state index is 11.2. The molecule has 0 saturated carbocycles. The molecule has 0 saturated heterocycles. The minimum Gasteiger partial charge on any atom is -0.480 e. The number of aliphatic carboxylic acids is 1. The number of hydrogen-bond acceptors (Lipinski definition) is 6. The van der Waals surface area contributed by atoms with E-state index in [1.165, 1.54) is 23.7 Å². The van der Waals surface area contributed by atoms with Crippen molar-refractivity contribution in [3.63, 3.8) is 0 Å². The molecule has 24 heavy (non-hydrogen) atoms. The molecule has 1 N–H and O–H groups in total. The van der Waals surface area contributed by atoms with Crippen molar-refractivity contribution in [2.75, 3.05) is 0 Å². The van der Waals surface area contributed by atoms with Gasteiger partial charge in [0.05, 0.1) is 6.54 Å². The van der Waals surface area contributed by atoms with Crippen LogP contribution in [0.15, 0.2) is 35.6 Å². The van der Waals surface area contributed by atoms with E-state index in [2.05, 4.69) is 20.3 Å². The average Bonchev–Trinajstić information content (AvgIpc) is 2.98. The Hall–Kier alpha value is -2.48.